The van der Waals surface area contributed by atoms with Gasteiger partial charge in [-0.05, 0) is 42.1 Å². The molecular weight excluding hydrogens is 252 g/mol. The van der Waals surface area contributed by atoms with E-state index in [1.54, 1.807) is 0 Å². The van der Waals surface area contributed by atoms with E-state index in [0.717, 1.165) is 6.42 Å². The van der Waals surface area contributed by atoms with Crippen LogP contribution in [0.1, 0.15) is 50.4 Å². The van der Waals surface area contributed by atoms with Gasteiger partial charge in [0.05, 0.1) is 11.8 Å². The van der Waals surface area contributed by atoms with Crippen molar-refractivity contribution >= 4 is 5.91 Å². The highest BCUT2D eigenvalue weighted by atomic mass is 16.3. The number of carbonyl (C=O) groups is 1. The minimum absolute atomic E-state index is 0.0251. The van der Waals surface area contributed by atoms with Crippen LogP contribution in [0.25, 0.3) is 0 Å². The Hall–Kier alpha value is -1.58. The number of nitrogens with zero attached hydrogens (tertiary/aromatic N) is 1. The van der Waals surface area contributed by atoms with Crippen molar-refractivity contribution in [3.8, 4) is 5.75 Å². The Morgan fingerprint density at radius 3 is 2.70 bits per heavy atom. The zero-order valence-electron chi connectivity index (χ0n) is 12.3. The zero-order valence-corrected chi connectivity index (χ0v) is 12.3. The summed E-state index contributed by atoms with van der Waals surface area (Å²) >= 11 is 0. The van der Waals surface area contributed by atoms with Crippen LogP contribution in [0, 0.1) is 16.7 Å². The topological polar surface area (TPSA) is 62.2 Å². The van der Waals surface area contributed by atoms with Crippen LogP contribution in [-0.2, 0) is 0 Å². The second-order valence-corrected chi connectivity index (χ2v) is 7.07. The van der Waals surface area contributed by atoms with Crippen LogP contribution in [0.15, 0.2) is 18.5 Å². The number of fused-ring (bicyclic) bond motifs is 2. The van der Waals surface area contributed by atoms with Crippen LogP contribution in [0.4, 0.5) is 0 Å². The predicted octanol–water partition coefficient (Wildman–Crippen LogP) is 2.73. The molecule has 0 spiro atoms. The van der Waals surface area contributed by atoms with E-state index >= 15 is 0 Å². The Morgan fingerprint density at radius 1 is 1.40 bits per heavy atom. The highest BCUT2D eigenvalue weighted by Crippen LogP contribution is 2.65. The van der Waals surface area contributed by atoms with E-state index in [4.69, 9.17) is 0 Å². The average molecular weight is 274 g/mol. The number of hydrogen-bond donors (Lipinski definition) is 2. The van der Waals surface area contributed by atoms with Crippen molar-refractivity contribution in [1.82, 2.24) is 10.3 Å². The first kappa shape index (κ1) is 13.4. The van der Waals surface area contributed by atoms with Crippen molar-refractivity contribution in [3.63, 3.8) is 0 Å². The molecule has 108 valence electrons. The predicted molar refractivity (Wildman–Crippen MR) is 76.4 cm³/mol. The van der Waals surface area contributed by atoms with Crippen molar-refractivity contribution < 1.29 is 9.90 Å². The van der Waals surface area contributed by atoms with Crippen LogP contribution in [0.5, 0.6) is 5.75 Å². The van der Waals surface area contributed by atoms with Crippen LogP contribution in [0.2, 0.25) is 0 Å². The van der Waals surface area contributed by atoms with Crippen molar-refractivity contribution in [1.29, 1.82) is 0 Å². The first-order valence-corrected chi connectivity index (χ1v) is 7.29. The molecule has 1 aromatic heterocycles. The Labute approximate surface area is 119 Å². The van der Waals surface area contributed by atoms with Gasteiger partial charge in [-0.2, -0.15) is 0 Å². The Morgan fingerprint density at radius 2 is 2.15 bits per heavy atom. The molecule has 2 aliphatic carbocycles. The SMILES string of the molecule is CC1(C)C2CCC1(C)C(NC(=O)c1cncc(O)c1)C2. The molecule has 1 amide bonds. The van der Waals surface area contributed by atoms with Gasteiger partial charge in [-0.1, -0.05) is 20.8 Å². The number of aromatic nitrogens is 1. The molecule has 0 aliphatic heterocycles. The molecule has 0 saturated heterocycles. The summed E-state index contributed by atoms with van der Waals surface area (Å²) in [4.78, 5) is 16.2. The van der Waals surface area contributed by atoms with E-state index in [9.17, 15) is 9.90 Å². The lowest BCUT2D eigenvalue weighted by molar-refractivity contribution is 0.0825. The lowest BCUT2D eigenvalue weighted by Gasteiger charge is -2.39. The summed E-state index contributed by atoms with van der Waals surface area (Å²) in [6, 6.07) is 1.68. The molecule has 3 atom stereocenters. The number of pyridine rings is 1. The molecular formula is C16H22N2O2. The number of nitrogens with one attached hydrogen (secondary N) is 1. The first-order valence-electron chi connectivity index (χ1n) is 7.29. The third kappa shape index (κ3) is 1.74. The second kappa shape index (κ2) is 4.21. The van der Waals surface area contributed by atoms with E-state index in [2.05, 4.69) is 31.1 Å². The molecule has 0 radical (unpaired) electrons. The maximum absolute atomic E-state index is 12.3. The standard InChI is InChI=1S/C16H22N2O2/c1-15(2)11-4-5-16(15,3)13(7-11)18-14(20)10-6-12(19)9-17-8-10/h6,8-9,11,13,19H,4-5,7H2,1-3H3,(H,18,20). The van der Waals surface area contributed by atoms with Crippen molar-refractivity contribution in [2.45, 2.75) is 46.1 Å². The number of aromatic hydroxyl groups is 1. The summed E-state index contributed by atoms with van der Waals surface area (Å²) in [5.74, 6) is 0.584. The molecule has 0 aromatic carbocycles. The normalized spacial score (nSPS) is 34.1. The number of amides is 1. The van der Waals surface area contributed by atoms with E-state index in [0.29, 0.717) is 11.5 Å². The molecule has 2 N–H and O–H groups in total. The molecule has 2 fully saturated rings. The van der Waals surface area contributed by atoms with Gasteiger partial charge < -0.3 is 10.4 Å². The van der Waals surface area contributed by atoms with Crippen molar-refractivity contribution in [2.75, 3.05) is 0 Å². The molecule has 2 bridgehead atoms. The van der Waals surface area contributed by atoms with E-state index in [-0.39, 0.29) is 28.5 Å². The monoisotopic (exact) mass is 274 g/mol. The fourth-order valence-corrected chi connectivity index (χ4v) is 4.22. The summed E-state index contributed by atoms with van der Waals surface area (Å²) in [5.41, 5.74) is 0.869. The molecule has 1 heterocycles. The molecule has 2 aliphatic rings. The molecule has 3 unspecified atom stereocenters. The smallest absolute Gasteiger partial charge is 0.253 e. The molecule has 20 heavy (non-hydrogen) atoms. The van der Waals surface area contributed by atoms with E-state index < -0.39 is 0 Å². The van der Waals surface area contributed by atoms with Gasteiger partial charge in [0.15, 0.2) is 0 Å². The summed E-state index contributed by atoms with van der Waals surface area (Å²) < 4.78 is 0. The summed E-state index contributed by atoms with van der Waals surface area (Å²) in [5, 5.41) is 12.6. The van der Waals surface area contributed by atoms with E-state index in [1.807, 2.05) is 0 Å². The first-order chi connectivity index (χ1) is 9.34. The molecule has 3 rings (SSSR count). The van der Waals surface area contributed by atoms with Crippen molar-refractivity contribution in [3.05, 3.63) is 24.0 Å². The summed E-state index contributed by atoms with van der Waals surface area (Å²) in [6.45, 7) is 6.95. The van der Waals surface area contributed by atoms with Gasteiger partial charge in [-0.15, -0.1) is 0 Å². The third-order valence-electron chi connectivity index (χ3n) is 6.09. The lowest BCUT2D eigenvalue weighted by Crippen LogP contribution is -2.46. The lowest BCUT2D eigenvalue weighted by atomic mass is 9.69. The maximum atomic E-state index is 12.3. The minimum Gasteiger partial charge on any atom is -0.506 e. The highest BCUT2D eigenvalue weighted by Gasteiger charge is 2.61. The molecule has 2 saturated carbocycles. The zero-order chi connectivity index (χ0) is 14.5. The largest absolute Gasteiger partial charge is 0.506 e. The van der Waals surface area contributed by atoms with E-state index in [1.165, 1.54) is 31.3 Å². The van der Waals surface area contributed by atoms with Gasteiger partial charge >= 0.3 is 0 Å². The van der Waals surface area contributed by atoms with Gasteiger partial charge in [0, 0.05) is 12.2 Å². The minimum atomic E-state index is -0.136. The van der Waals surface area contributed by atoms with Crippen molar-refractivity contribution in [2.24, 2.45) is 16.7 Å². The Kier molecular flexibility index (Phi) is 2.82. The fraction of sp³-hybridized carbons (Fsp3) is 0.625. The molecule has 4 heteroatoms. The van der Waals surface area contributed by atoms with Gasteiger partial charge in [-0.25, -0.2) is 0 Å². The summed E-state index contributed by atoms with van der Waals surface area (Å²) in [7, 11) is 0. The maximum Gasteiger partial charge on any atom is 0.253 e. The highest BCUT2D eigenvalue weighted by molar-refractivity contribution is 5.94. The Bertz CT molecular complexity index is 555. The number of carbonyl (C=O) groups excluding carboxylic acids is 1. The van der Waals surface area contributed by atoms with Crippen LogP contribution in [-0.4, -0.2) is 22.0 Å². The molecule has 1 aromatic rings. The molecule has 4 nitrogen and oxygen atoms in total. The van der Waals surface area contributed by atoms with Gasteiger partial charge in [-0.3, -0.25) is 9.78 Å². The Balaban J connectivity index is 1.78. The number of hydrogen-bond acceptors (Lipinski definition) is 3. The van der Waals surface area contributed by atoms with Gasteiger partial charge in [0.1, 0.15) is 5.75 Å². The average Bonchev–Trinajstić information content (AvgIpc) is 2.72. The van der Waals surface area contributed by atoms with Crippen LogP contribution in [0.3, 0.4) is 0 Å². The number of rotatable bonds is 2. The van der Waals surface area contributed by atoms with Gasteiger partial charge in [0.25, 0.3) is 5.91 Å². The van der Waals surface area contributed by atoms with Gasteiger partial charge in [0.2, 0.25) is 0 Å². The van der Waals surface area contributed by atoms with Crippen LogP contribution >= 0.6 is 0 Å². The third-order valence-corrected chi connectivity index (χ3v) is 6.09. The quantitative estimate of drug-likeness (QED) is 0.871. The summed E-state index contributed by atoms with van der Waals surface area (Å²) in [6.07, 6.45) is 6.33. The fourth-order valence-electron chi connectivity index (χ4n) is 4.22. The second-order valence-electron chi connectivity index (χ2n) is 7.07. The van der Waals surface area contributed by atoms with Crippen LogP contribution < -0.4 is 5.32 Å².